The van der Waals surface area contributed by atoms with Crippen molar-refractivity contribution in [3.8, 4) is 33.5 Å². The smallest absolute Gasteiger partial charge is 0.159 e. The van der Waals surface area contributed by atoms with E-state index in [9.17, 15) is 0 Å². The van der Waals surface area contributed by atoms with E-state index in [2.05, 4.69) is 49.2 Å². The van der Waals surface area contributed by atoms with E-state index in [1.54, 1.807) is 17.5 Å². The molecule has 0 saturated carbocycles. The summed E-state index contributed by atoms with van der Waals surface area (Å²) in [7, 11) is 1.99. The predicted molar refractivity (Wildman–Crippen MR) is 122 cm³/mol. The Morgan fingerprint density at radius 3 is 2.65 bits per heavy atom. The van der Waals surface area contributed by atoms with Gasteiger partial charge in [-0.25, -0.2) is 9.97 Å². The zero-order valence-electron chi connectivity index (χ0n) is 17.1. The van der Waals surface area contributed by atoms with Crippen LogP contribution in [0.5, 0.6) is 0 Å². The van der Waals surface area contributed by atoms with Gasteiger partial charge in [0.2, 0.25) is 0 Å². The van der Waals surface area contributed by atoms with Gasteiger partial charge in [-0.2, -0.15) is 5.10 Å². The van der Waals surface area contributed by atoms with Crippen LogP contribution in [0.1, 0.15) is 10.7 Å². The first kappa shape index (κ1) is 18.0. The van der Waals surface area contributed by atoms with Crippen LogP contribution in [0.3, 0.4) is 0 Å². The second kappa shape index (κ2) is 6.58. The number of nitrogens with one attached hydrogen (secondary N) is 2. The molecule has 31 heavy (non-hydrogen) atoms. The summed E-state index contributed by atoms with van der Waals surface area (Å²) in [6, 6.07) is 8.16. The van der Waals surface area contributed by atoms with Gasteiger partial charge in [0, 0.05) is 23.5 Å². The highest BCUT2D eigenvalue weighted by atomic mass is 32.1. The zero-order valence-corrected chi connectivity index (χ0v) is 17.9. The number of H-pyrrole nitrogens is 2. The summed E-state index contributed by atoms with van der Waals surface area (Å²) in [6.45, 7) is 4.07. The number of fused-ring (bicyclic) bond motifs is 2. The molecule has 152 valence electrons. The van der Waals surface area contributed by atoms with Crippen molar-refractivity contribution in [3.63, 3.8) is 0 Å². The molecule has 8 nitrogen and oxygen atoms in total. The van der Waals surface area contributed by atoms with E-state index in [-0.39, 0.29) is 0 Å². The maximum Gasteiger partial charge on any atom is 0.159 e. The van der Waals surface area contributed by atoms with E-state index >= 15 is 0 Å². The van der Waals surface area contributed by atoms with Crippen LogP contribution in [-0.4, -0.2) is 39.7 Å². The SMILES string of the molecule is Cc1ccc(-c2nccc3[nH]c(-c4n[nH]c5cnc(-c6cnc(C)n6C)cc45)nc23)s1. The molecule has 0 spiro atoms. The van der Waals surface area contributed by atoms with Gasteiger partial charge in [-0.15, -0.1) is 11.3 Å². The second-order valence-corrected chi connectivity index (χ2v) is 8.78. The molecule has 9 heteroatoms. The van der Waals surface area contributed by atoms with Crippen LogP contribution in [0.2, 0.25) is 0 Å². The van der Waals surface area contributed by atoms with Crippen LogP contribution >= 0.6 is 11.3 Å². The molecule has 0 aliphatic carbocycles. The molecule has 0 aliphatic heterocycles. The van der Waals surface area contributed by atoms with Crippen LogP contribution in [0.15, 0.2) is 42.9 Å². The molecule has 0 unspecified atom stereocenters. The summed E-state index contributed by atoms with van der Waals surface area (Å²) >= 11 is 1.71. The second-order valence-electron chi connectivity index (χ2n) is 7.49. The third-order valence-corrected chi connectivity index (χ3v) is 6.54. The Morgan fingerprint density at radius 2 is 1.87 bits per heavy atom. The van der Waals surface area contributed by atoms with Gasteiger partial charge >= 0.3 is 0 Å². The fraction of sp³-hybridized carbons (Fsp3) is 0.136. The zero-order chi connectivity index (χ0) is 21.1. The molecule has 2 N–H and O–H groups in total. The third kappa shape index (κ3) is 2.77. The first-order valence-electron chi connectivity index (χ1n) is 9.83. The summed E-state index contributed by atoms with van der Waals surface area (Å²) in [4.78, 5) is 24.2. The van der Waals surface area contributed by atoms with E-state index in [1.165, 1.54) is 4.88 Å². The number of hydrogen-bond acceptors (Lipinski definition) is 6. The summed E-state index contributed by atoms with van der Waals surface area (Å²) in [5.41, 5.74) is 6.05. The van der Waals surface area contributed by atoms with Crippen LogP contribution in [0.25, 0.3) is 55.4 Å². The molecule has 0 amide bonds. The number of pyridine rings is 2. The van der Waals surface area contributed by atoms with Crippen molar-refractivity contribution in [1.29, 1.82) is 0 Å². The quantitative estimate of drug-likeness (QED) is 0.429. The van der Waals surface area contributed by atoms with Crippen molar-refractivity contribution in [2.24, 2.45) is 7.05 Å². The summed E-state index contributed by atoms with van der Waals surface area (Å²) in [6.07, 6.45) is 5.45. The average Bonchev–Trinajstić information content (AvgIpc) is 3.54. The molecule has 0 fully saturated rings. The lowest BCUT2D eigenvalue weighted by Gasteiger charge is -2.03. The number of thiophene rings is 1. The van der Waals surface area contributed by atoms with Gasteiger partial charge in [0.1, 0.15) is 22.7 Å². The van der Waals surface area contributed by atoms with Crippen molar-refractivity contribution in [3.05, 3.63) is 53.6 Å². The fourth-order valence-electron chi connectivity index (χ4n) is 3.77. The van der Waals surface area contributed by atoms with Gasteiger partial charge in [0.15, 0.2) is 5.82 Å². The standard InChI is InChI=1S/C22H18N8S/c1-11-4-5-18(31-11)21-20-14(6-7-23-21)26-22(27-20)19-13-8-15(25-9-16(13)28-29-19)17-10-24-12(2)30(17)3/h4-10H,1-3H3,(H,26,27)(H,28,29). The van der Waals surface area contributed by atoms with Crippen LogP contribution in [0.4, 0.5) is 0 Å². The Morgan fingerprint density at radius 1 is 0.968 bits per heavy atom. The molecule has 0 aromatic carbocycles. The first-order chi connectivity index (χ1) is 15.1. The van der Waals surface area contributed by atoms with Gasteiger partial charge in [-0.05, 0) is 38.1 Å². The number of aryl methyl sites for hydroxylation is 2. The molecule has 0 aliphatic rings. The van der Waals surface area contributed by atoms with Gasteiger partial charge in [-0.3, -0.25) is 15.1 Å². The van der Waals surface area contributed by atoms with E-state index < -0.39 is 0 Å². The van der Waals surface area contributed by atoms with Gasteiger partial charge in [-0.1, -0.05) is 0 Å². The van der Waals surface area contributed by atoms with Gasteiger partial charge < -0.3 is 9.55 Å². The van der Waals surface area contributed by atoms with E-state index in [1.807, 2.05) is 43.1 Å². The molecular weight excluding hydrogens is 408 g/mol. The van der Waals surface area contributed by atoms with E-state index in [4.69, 9.17) is 4.98 Å². The highest BCUT2D eigenvalue weighted by molar-refractivity contribution is 7.15. The summed E-state index contributed by atoms with van der Waals surface area (Å²) < 4.78 is 2.02. The van der Waals surface area contributed by atoms with Gasteiger partial charge in [0.05, 0.1) is 39.7 Å². The Balaban J connectivity index is 1.52. The Labute approximate surface area is 181 Å². The predicted octanol–water partition coefficient (Wildman–Crippen LogP) is 4.64. The first-order valence-corrected chi connectivity index (χ1v) is 10.6. The van der Waals surface area contributed by atoms with Crippen LogP contribution in [0, 0.1) is 13.8 Å². The molecule has 6 aromatic heterocycles. The lowest BCUT2D eigenvalue weighted by atomic mass is 10.2. The maximum absolute atomic E-state index is 4.88. The molecule has 0 saturated heterocycles. The lowest BCUT2D eigenvalue weighted by molar-refractivity contribution is 0.862. The normalized spacial score (nSPS) is 11.7. The number of aromatic amines is 2. The number of rotatable bonds is 3. The molecule has 6 aromatic rings. The Hall–Kier alpha value is -3.85. The fourth-order valence-corrected chi connectivity index (χ4v) is 4.63. The minimum Gasteiger partial charge on any atom is -0.336 e. The van der Waals surface area contributed by atoms with Crippen LogP contribution < -0.4 is 0 Å². The van der Waals surface area contributed by atoms with Gasteiger partial charge in [0.25, 0.3) is 0 Å². The van der Waals surface area contributed by atoms with Crippen molar-refractivity contribution in [2.45, 2.75) is 13.8 Å². The monoisotopic (exact) mass is 426 g/mol. The minimum atomic E-state index is 0.696. The van der Waals surface area contributed by atoms with Crippen molar-refractivity contribution in [1.82, 2.24) is 39.7 Å². The Kier molecular flexibility index (Phi) is 3.81. The van der Waals surface area contributed by atoms with Crippen molar-refractivity contribution >= 4 is 33.3 Å². The molecule has 6 heterocycles. The van der Waals surface area contributed by atoms with Crippen LogP contribution in [-0.2, 0) is 7.05 Å². The summed E-state index contributed by atoms with van der Waals surface area (Å²) in [5, 5.41) is 8.55. The highest BCUT2D eigenvalue weighted by Crippen LogP contribution is 2.33. The van der Waals surface area contributed by atoms with Crippen molar-refractivity contribution in [2.75, 3.05) is 0 Å². The maximum atomic E-state index is 4.88. The molecule has 0 bridgehead atoms. The highest BCUT2D eigenvalue weighted by Gasteiger charge is 2.18. The molecule has 6 rings (SSSR count). The minimum absolute atomic E-state index is 0.696. The summed E-state index contributed by atoms with van der Waals surface area (Å²) in [5.74, 6) is 1.63. The largest absolute Gasteiger partial charge is 0.336 e. The Bertz CT molecular complexity index is 1580. The molecular formula is C22H18N8S. The topological polar surface area (TPSA) is 101 Å². The number of hydrogen-bond donors (Lipinski definition) is 2. The van der Waals surface area contributed by atoms with Crippen molar-refractivity contribution < 1.29 is 0 Å². The average molecular weight is 427 g/mol. The number of aromatic nitrogens is 8. The number of imidazole rings is 2. The molecule has 0 radical (unpaired) electrons. The lowest BCUT2D eigenvalue weighted by Crippen LogP contribution is -1.95. The van der Waals surface area contributed by atoms with E-state index in [0.717, 1.165) is 55.4 Å². The molecule has 0 atom stereocenters. The van der Waals surface area contributed by atoms with E-state index in [0.29, 0.717) is 5.82 Å². The third-order valence-electron chi connectivity index (χ3n) is 5.53. The number of nitrogens with zero attached hydrogens (tertiary/aromatic N) is 6.